The van der Waals surface area contributed by atoms with E-state index in [0.29, 0.717) is 27.8 Å². The lowest BCUT2D eigenvalue weighted by atomic mass is 10.1. The lowest BCUT2D eigenvalue weighted by Gasteiger charge is -2.21. The van der Waals surface area contributed by atoms with Crippen molar-refractivity contribution in [3.63, 3.8) is 0 Å². The first-order chi connectivity index (χ1) is 11.8. The molecule has 0 atom stereocenters. The molecule has 128 valence electrons. The maximum atomic E-state index is 12.6. The molecule has 1 aromatic heterocycles. The van der Waals surface area contributed by atoms with Crippen LogP contribution in [0.1, 0.15) is 13.8 Å². The number of carboxylic acid groups (broad SMARTS) is 1. The summed E-state index contributed by atoms with van der Waals surface area (Å²) in [6.07, 6.45) is 1.33. The summed E-state index contributed by atoms with van der Waals surface area (Å²) in [4.78, 5) is 23.7. The molecular weight excluding hydrogens is 324 g/mol. The van der Waals surface area contributed by atoms with Gasteiger partial charge in [0.2, 0.25) is 0 Å². The van der Waals surface area contributed by atoms with Crippen molar-refractivity contribution in [3.8, 4) is 22.6 Å². The Kier molecular flexibility index (Phi) is 3.96. The number of aromatic hydroxyl groups is 1. The number of rotatable bonds is 4. The standard InChI is InChI=1S/C19H16O6/c1-19(2,18(22)23)25-13-6-3-11(4-7-13)15-10-24-16-9-12(20)5-8-14(16)17(15)21/h3-10,20H,1-2H3,(H,22,23). The smallest absolute Gasteiger partial charge is 0.347 e. The summed E-state index contributed by atoms with van der Waals surface area (Å²) in [6.45, 7) is 2.91. The van der Waals surface area contributed by atoms with Crippen LogP contribution in [0.25, 0.3) is 22.1 Å². The second kappa shape index (κ2) is 5.98. The molecule has 0 bridgehead atoms. The predicted octanol–water partition coefficient (Wildman–Crippen LogP) is 3.41. The number of carboxylic acids is 1. The number of benzene rings is 2. The molecule has 0 saturated heterocycles. The summed E-state index contributed by atoms with van der Waals surface area (Å²) in [5.41, 5.74) is -0.296. The Balaban J connectivity index is 1.97. The minimum Gasteiger partial charge on any atom is -0.508 e. The number of phenols is 1. The van der Waals surface area contributed by atoms with E-state index in [0.717, 1.165) is 0 Å². The van der Waals surface area contributed by atoms with E-state index in [-0.39, 0.29) is 11.2 Å². The molecule has 3 rings (SSSR count). The predicted molar refractivity (Wildman–Crippen MR) is 91.9 cm³/mol. The van der Waals surface area contributed by atoms with E-state index < -0.39 is 11.6 Å². The average molecular weight is 340 g/mol. The average Bonchev–Trinajstić information content (AvgIpc) is 2.55. The van der Waals surface area contributed by atoms with Crippen molar-refractivity contribution in [2.24, 2.45) is 0 Å². The Labute approximate surface area is 142 Å². The molecule has 0 spiro atoms. The van der Waals surface area contributed by atoms with Gasteiger partial charge in [0.15, 0.2) is 11.0 Å². The van der Waals surface area contributed by atoms with Crippen molar-refractivity contribution in [3.05, 3.63) is 59.0 Å². The number of carbonyl (C=O) groups is 1. The highest BCUT2D eigenvalue weighted by molar-refractivity contribution is 5.82. The van der Waals surface area contributed by atoms with Gasteiger partial charge in [-0.25, -0.2) is 4.79 Å². The number of phenolic OH excluding ortho intramolecular Hbond substituents is 1. The van der Waals surface area contributed by atoms with E-state index in [2.05, 4.69) is 0 Å². The molecule has 1 heterocycles. The monoisotopic (exact) mass is 340 g/mol. The van der Waals surface area contributed by atoms with Crippen molar-refractivity contribution in [1.82, 2.24) is 0 Å². The molecule has 0 unspecified atom stereocenters. The Morgan fingerprint density at radius 2 is 1.80 bits per heavy atom. The normalized spacial score (nSPS) is 11.4. The molecule has 6 nitrogen and oxygen atoms in total. The van der Waals surface area contributed by atoms with Gasteiger partial charge in [-0.3, -0.25) is 4.79 Å². The topological polar surface area (TPSA) is 97.0 Å². The van der Waals surface area contributed by atoms with Crippen LogP contribution in [0.15, 0.2) is 57.9 Å². The fourth-order valence-corrected chi connectivity index (χ4v) is 2.36. The van der Waals surface area contributed by atoms with Crippen LogP contribution in [-0.2, 0) is 4.79 Å². The van der Waals surface area contributed by atoms with E-state index in [9.17, 15) is 14.7 Å². The van der Waals surface area contributed by atoms with Gasteiger partial charge in [0.05, 0.1) is 10.9 Å². The molecule has 0 aliphatic carbocycles. The molecule has 3 aromatic rings. The number of fused-ring (bicyclic) bond motifs is 1. The maximum absolute atomic E-state index is 12.6. The minimum absolute atomic E-state index is 0.0194. The first-order valence-corrected chi connectivity index (χ1v) is 7.55. The first-order valence-electron chi connectivity index (χ1n) is 7.55. The maximum Gasteiger partial charge on any atom is 0.347 e. The van der Waals surface area contributed by atoms with Gasteiger partial charge >= 0.3 is 5.97 Å². The molecule has 2 aromatic carbocycles. The zero-order chi connectivity index (χ0) is 18.2. The van der Waals surface area contributed by atoms with Crippen LogP contribution in [0, 0.1) is 0 Å². The summed E-state index contributed by atoms with van der Waals surface area (Å²) in [5, 5.41) is 18.9. The molecule has 0 aliphatic rings. The van der Waals surface area contributed by atoms with E-state index in [4.69, 9.17) is 14.3 Å². The molecule has 6 heteroatoms. The van der Waals surface area contributed by atoms with Crippen LogP contribution >= 0.6 is 0 Å². The van der Waals surface area contributed by atoms with Crippen molar-refractivity contribution >= 4 is 16.9 Å². The summed E-state index contributed by atoms with van der Waals surface area (Å²) in [5.74, 6) is -0.674. The molecule has 0 radical (unpaired) electrons. The molecule has 25 heavy (non-hydrogen) atoms. The van der Waals surface area contributed by atoms with Gasteiger partial charge in [0.25, 0.3) is 0 Å². The van der Waals surface area contributed by atoms with Crippen LogP contribution in [0.2, 0.25) is 0 Å². The van der Waals surface area contributed by atoms with E-state index in [1.54, 1.807) is 24.3 Å². The zero-order valence-electron chi connectivity index (χ0n) is 13.6. The van der Waals surface area contributed by atoms with Crippen molar-refractivity contribution in [2.75, 3.05) is 0 Å². The second-order valence-electron chi connectivity index (χ2n) is 6.10. The van der Waals surface area contributed by atoms with Gasteiger partial charge in [0, 0.05) is 6.07 Å². The highest BCUT2D eigenvalue weighted by Crippen LogP contribution is 2.25. The second-order valence-corrected chi connectivity index (χ2v) is 6.10. The van der Waals surface area contributed by atoms with Gasteiger partial charge in [-0.1, -0.05) is 12.1 Å². The molecular formula is C19H16O6. The van der Waals surface area contributed by atoms with Crippen LogP contribution in [0.4, 0.5) is 0 Å². The fourth-order valence-electron chi connectivity index (χ4n) is 2.36. The van der Waals surface area contributed by atoms with Gasteiger partial charge in [0.1, 0.15) is 23.3 Å². The summed E-state index contributed by atoms with van der Waals surface area (Å²) in [7, 11) is 0. The number of aliphatic carboxylic acids is 1. The van der Waals surface area contributed by atoms with Gasteiger partial charge in [-0.15, -0.1) is 0 Å². The van der Waals surface area contributed by atoms with Gasteiger partial charge in [-0.05, 0) is 43.7 Å². The number of ether oxygens (including phenoxy) is 1. The molecule has 0 fully saturated rings. The fraction of sp³-hybridized carbons (Fsp3) is 0.158. The van der Waals surface area contributed by atoms with Crippen LogP contribution in [0.5, 0.6) is 11.5 Å². The molecule has 2 N–H and O–H groups in total. The van der Waals surface area contributed by atoms with Crippen LogP contribution in [0.3, 0.4) is 0 Å². The summed E-state index contributed by atoms with van der Waals surface area (Å²) in [6, 6.07) is 10.8. The largest absolute Gasteiger partial charge is 0.508 e. The third-order valence-corrected chi connectivity index (χ3v) is 3.81. The molecule has 0 aliphatic heterocycles. The SMILES string of the molecule is CC(C)(Oc1ccc(-c2coc3cc(O)ccc3c2=O)cc1)C(=O)O. The van der Waals surface area contributed by atoms with E-state index in [1.807, 2.05) is 0 Å². The molecule has 0 amide bonds. The number of hydrogen-bond donors (Lipinski definition) is 2. The third-order valence-electron chi connectivity index (χ3n) is 3.81. The Morgan fingerprint density at radius 1 is 1.12 bits per heavy atom. The molecule has 0 saturated carbocycles. The summed E-state index contributed by atoms with van der Waals surface area (Å²) >= 11 is 0. The minimum atomic E-state index is -1.36. The van der Waals surface area contributed by atoms with Crippen molar-refractivity contribution < 1.29 is 24.2 Å². The van der Waals surface area contributed by atoms with Gasteiger partial charge in [-0.2, -0.15) is 0 Å². The third kappa shape index (κ3) is 3.19. The van der Waals surface area contributed by atoms with Gasteiger partial charge < -0.3 is 19.4 Å². The first kappa shape index (κ1) is 16.6. The lowest BCUT2D eigenvalue weighted by Crippen LogP contribution is -2.37. The highest BCUT2D eigenvalue weighted by atomic mass is 16.5. The Bertz CT molecular complexity index is 999. The summed E-state index contributed by atoms with van der Waals surface area (Å²) < 4.78 is 10.9. The Hall–Kier alpha value is -3.28. The van der Waals surface area contributed by atoms with Crippen LogP contribution < -0.4 is 10.2 Å². The van der Waals surface area contributed by atoms with Crippen LogP contribution in [-0.4, -0.2) is 21.8 Å². The van der Waals surface area contributed by atoms with E-state index >= 15 is 0 Å². The highest BCUT2D eigenvalue weighted by Gasteiger charge is 2.29. The van der Waals surface area contributed by atoms with E-state index in [1.165, 1.54) is 38.3 Å². The van der Waals surface area contributed by atoms with Crippen molar-refractivity contribution in [1.29, 1.82) is 0 Å². The lowest BCUT2D eigenvalue weighted by molar-refractivity contribution is -0.152. The quantitative estimate of drug-likeness (QED) is 0.755. The zero-order valence-corrected chi connectivity index (χ0v) is 13.6. The number of hydrogen-bond acceptors (Lipinski definition) is 5. The van der Waals surface area contributed by atoms with Crippen molar-refractivity contribution in [2.45, 2.75) is 19.4 Å². The Morgan fingerprint density at radius 3 is 2.44 bits per heavy atom.